The van der Waals surface area contributed by atoms with Crippen LogP contribution in [0, 0.1) is 0 Å². The van der Waals surface area contributed by atoms with E-state index in [1.54, 1.807) is 0 Å². The third-order valence-electron chi connectivity index (χ3n) is 4.00. The predicted octanol–water partition coefficient (Wildman–Crippen LogP) is 3.77. The van der Waals surface area contributed by atoms with Crippen LogP contribution >= 0.6 is 0 Å². The van der Waals surface area contributed by atoms with E-state index in [0.717, 1.165) is 32.1 Å². The Bertz CT molecular complexity index is 357. The summed E-state index contributed by atoms with van der Waals surface area (Å²) in [6.45, 7) is 2.82. The molecule has 0 heterocycles. The molecule has 0 saturated carbocycles. The number of nitrogens with one attached hydrogen (secondary N) is 1. The SMILES string of the molecule is CCCCCCC/C=C/CCCC(=O)NCCCC[C@H](N)C(=O)O. The molecule has 0 aliphatic carbocycles. The van der Waals surface area contributed by atoms with Crippen molar-refractivity contribution < 1.29 is 14.7 Å². The largest absolute Gasteiger partial charge is 0.480 e. The zero-order chi connectivity index (χ0) is 18.0. The van der Waals surface area contributed by atoms with Crippen LogP contribution in [-0.2, 0) is 9.59 Å². The fourth-order valence-corrected chi connectivity index (χ4v) is 2.41. The van der Waals surface area contributed by atoms with Crippen LogP contribution in [0.2, 0.25) is 0 Å². The molecular formula is C19H36N2O3. The number of hydrogen-bond acceptors (Lipinski definition) is 3. The second kappa shape index (κ2) is 16.5. The number of allylic oxidation sites excluding steroid dienone is 2. The van der Waals surface area contributed by atoms with Crippen molar-refractivity contribution in [3.8, 4) is 0 Å². The highest BCUT2D eigenvalue weighted by Gasteiger charge is 2.10. The monoisotopic (exact) mass is 340 g/mol. The Kier molecular flexibility index (Phi) is 15.6. The number of carbonyl (C=O) groups is 2. The van der Waals surface area contributed by atoms with Crippen molar-refractivity contribution in [3.05, 3.63) is 12.2 Å². The van der Waals surface area contributed by atoms with E-state index in [1.165, 1.54) is 32.1 Å². The van der Waals surface area contributed by atoms with Gasteiger partial charge in [0.2, 0.25) is 5.91 Å². The fourth-order valence-electron chi connectivity index (χ4n) is 2.41. The molecule has 0 aliphatic heterocycles. The van der Waals surface area contributed by atoms with Crippen LogP contribution in [0.3, 0.4) is 0 Å². The molecule has 0 aliphatic rings. The number of hydrogen-bond donors (Lipinski definition) is 3. The maximum atomic E-state index is 11.6. The van der Waals surface area contributed by atoms with E-state index in [4.69, 9.17) is 10.8 Å². The Labute approximate surface area is 147 Å². The van der Waals surface area contributed by atoms with E-state index in [0.29, 0.717) is 19.4 Å². The van der Waals surface area contributed by atoms with E-state index >= 15 is 0 Å². The Hall–Kier alpha value is -1.36. The van der Waals surface area contributed by atoms with E-state index in [9.17, 15) is 9.59 Å². The summed E-state index contributed by atoms with van der Waals surface area (Å²) >= 11 is 0. The summed E-state index contributed by atoms with van der Waals surface area (Å²) in [6, 6.07) is -0.792. The fraction of sp³-hybridized carbons (Fsp3) is 0.789. The first-order valence-electron chi connectivity index (χ1n) is 9.48. The zero-order valence-corrected chi connectivity index (χ0v) is 15.3. The van der Waals surface area contributed by atoms with E-state index in [2.05, 4.69) is 24.4 Å². The second-order valence-electron chi connectivity index (χ2n) is 6.36. The highest BCUT2D eigenvalue weighted by molar-refractivity contribution is 5.75. The summed E-state index contributed by atoms with van der Waals surface area (Å²) in [4.78, 5) is 22.2. The molecule has 5 nitrogen and oxygen atoms in total. The van der Waals surface area contributed by atoms with Crippen LogP contribution in [0.15, 0.2) is 12.2 Å². The minimum Gasteiger partial charge on any atom is -0.480 e. The van der Waals surface area contributed by atoms with Crippen LogP contribution in [0.5, 0.6) is 0 Å². The van der Waals surface area contributed by atoms with Gasteiger partial charge in [-0.25, -0.2) is 0 Å². The van der Waals surface area contributed by atoms with Crippen molar-refractivity contribution >= 4 is 11.9 Å². The van der Waals surface area contributed by atoms with Gasteiger partial charge in [-0.3, -0.25) is 9.59 Å². The van der Waals surface area contributed by atoms with Gasteiger partial charge in [0, 0.05) is 13.0 Å². The van der Waals surface area contributed by atoms with Gasteiger partial charge in [0.05, 0.1) is 0 Å². The molecular weight excluding hydrogens is 304 g/mol. The van der Waals surface area contributed by atoms with E-state index in [-0.39, 0.29) is 5.91 Å². The summed E-state index contributed by atoms with van der Waals surface area (Å²) in [5, 5.41) is 11.5. The number of rotatable bonds is 16. The molecule has 0 saturated heterocycles. The molecule has 0 rings (SSSR count). The second-order valence-corrected chi connectivity index (χ2v) is 6.36. The molecule has 0 aromatic rings. The Morgan fingerprint density at radius 3 is 2.33 bits per heavy atom. The molecule has 0 spiro atoms. The van der Waals surface area contributed by atoms with E-state index in [1.807, 2.05) is 0 Å². The molecule has 0 aromatic heterocycles. The molecule has 0 aromatic carbocycles. The van der Waals surface area contributed by atoms with Crippen molar-refractivity contribution in [1.82, 2.24) is 5.32 Å². The summed E-state index contributed by atoms with van der Waals surface area (Å²) in [6.07, 6.45) is 16.4. The van der Waals surface area contributed by atoms with E-state index < -0.39 is 12.0 Å². The molecule has 5 heteroatoms. The highest BCUT2D eigenvalue weighted by atomic mass is 16.4. The minimum absolute atomic E-state index is 0.0745. The van der Waals surface area contributed by atoms with Crippen LogP contribution in [-0.4, -0.2) is 29.6 Å². The lowest BCUT2D eigenvalue weighted by Crippen LogP contribution is -2.30. The van der Waals surface area contributed by atoms with Gasteiger partial charge in [0.1, 0.15) is 6.04 Å². The van der Waals surface area contributed by atoms with Gasteiger partial charge in [-0.05, 0) is 44.9 Å². The van der Waals surface area contributed by atoms with Gasteiger partial charge in [0.15, 0.2) is 0 Å². The molecule has 0 bridgehead atoms. The van der Waals surface area contributed by atoms with Crippen molar-refractivity contribution in [2.45, 2.75) is 90.0 Å². The van der Waals surface area contributed by atoms with Crippen LogP contribution in [0.25, 0.3) is 0 Å². The topological polar surface area (TPSA) is 92.4 Å². The standard InChI is InChI=1S/C19H36N2O3/c1-2-3-4-5-6-7-8-9-10-11-15-18(22)21-16-13-12-14-17(20)19(23)24/h8-9,17H,2-7,10-16,20H2,1H3,(H,21,22)(H,23,24)/b9-8+/t17-/m0/s1. The lowest BCUT2D eigenvalue weighted by molar-refractivity contribution is -0.138. The maximum absolute atomic E-state index is 11.6. The Morgan fingerprint density at radius 2 is 1.67 bits per heavy atom. The van der Waals surface area contributed by atoms with Gasteiger partial charge in [0.25, 0.3) is 0 Å². The molecule has 24 heavy (non-hydrogen) atoms. The average molecular weight is 341 g/mol. The summed E-state index contributed by atoms with van der Waals surface area (Å²) in [5.74, 6) is -0.890. The van der Waals surface area contributed by atoms with Crippen molar-refractivity contribution in [1.29, 1.82) is 0 Å². The first-order chi connectivity index (χ1) is 11.6. The number of carboxylic acids is 1. The lowest BCUT2D eigenvalue weighted by atomic mass is 10.1. The third-order valence-corrected chi connectivity index (χ3v) is 4.00. The van der Waals surface area contributed by atoms with Crippen LogP contribution in [0.4, 0.5) is 0 Å². The Morgan fingerprint density at radius 1 is 1.00 bits per heavy atom. The van der Waals surface area contributed by atoms with Gasteiger partial charge >= 0.3 is 5.97 Å². The molecule has 0 radical (unpaired) electrons. The van der Waals surface area contributed by atoms with Crippen LogP contribution in [0.1, 0.15) is 84.0 Å². The van der Waals surface area contributed by atoms with Crippen LogP contribution < -0.4 is 11.1 Å². The first kappa shape index (κ1) is 22.6. The number of carbonyl (C=O) groups excluding carboxylic acids is 1. The lowest BCUT2D eigenvalue weighted by Gasteiger charge is -2.07. The number of carboxylic acid groups (broad SMARTS) is 1. The number of nitrogens with two attached hydrogens (primary N) is 1. The molecule has 4 N–H and O–H groups in total. The molecule has 0 fully saturated rings. The van der Waals surface area contributed by atoms with Crippen molar-refractivity contribution in [2.75, 3.05) is 6.54 Å². The highest BCUT2D eigenvalue weighted by Crippen LogP contribution is 2.06. The number of unbranched alkanes of at least 4 members (excludes halogenated alkanes) is 7. The molecule has 1 amide bonds. The number of amides is 1. The van der Waals surface area contributed by atoms with Gasteiger partial charge in [-0.15, -0.1) is 0 Å². The maximum Gasteiger partial charge on any atom is 0.320 e. The molecule has 140 valence electrons. The summed E-state index contributed by atoms with van der Waals surface area (Å²) < 4.78 is 0. The normalized spacial score (nSPS) is 12.4. The third kappa shape index (κ3) is 15.5. The summed E-state index contributed by atoms with van der Waals surface area (Å²) in [7, 11) is 0. The van der Waals surface area contributed by atoms with Gasteiger partial charge in [-0.1, -0.05) is 44.8 Å². The summed E-state index contributed by atoms with van der Waals surface area (Å²) in [5.41, 5.74) is 5.41. The number of aliphatic carboxylic acids is 1. The minimum atomic E-state index is -0.965. The first-order valence-corrected chi connectivity index (χ1v) is 9.48. The van der Waals surface area contributed by atoms with Crippen molar-refractivity contribution in [2.24, 2.45) is 5.73 Å². The average Bonchev–Trinajstić information content (AvgIpc) is 2.55. The quantitative estimate of drug-likeness (QED) is 0.294. The van der Waals surface area contributed by atoms with Gasteiger partial charge < -0.3 is 16.2 Å². The zero-order valence-electron chi connectivity index (χ0n) is 15.3. The van der Waals surface area contributed by atoms with Gasteiger partial charge in [-0.2, -0.15) is 0 Å². The molecule has 0 unspecified atom stereocenters. The van der Waals surface area contributed by atoms with Crippen molar-refractivity contribution in [3.63, 3.8) is 0 Å². The smallest absolute Gasteiger partial charge is 0.320 e. The Balaban J connectivity index is 3.36. The predicted molar refractivity (Wildman–Crippen MR) is 98.8 cm³/mol. The molecule has 1 atom stereocenters.